The molecule has 1 aromatic rings. The number of nitrogens with two attached hydrogens (primary N) is 1. The van der Waals surface area contributed by atoms with E-state index < -0.39 is 0 Å². The number of benzene rings is 1. The second kappa shape index (κ2) is 6.39. The molecule has 0 radical (unpaired) electrons. The monoisotopic (exact) mass is 358 g/mol. The van der Waals surface area contributed by atoms with Crippen LogP contribution in [0.15, 0.2) is 16.6 Å². The number of nitrogens with zero attached hydrogens (tertiary/aromatic N) is 1. The van der Waals surface area contributed by atoms with Crippen LogP contribution in [0.3, 0.4) is 0 Å². The molecule has 5 heteroatoms. The normalized spacial score (nSPS) is 14.7. The van der Waals surface area contributed by atoms with Crippen LogP contribution < -0.4 is 10.6 Å². The summed E-state index contributed by atoms with van der Waals surface area (Å²) in [4.78, 5) is 2.39. The molecular weight excluding hydrogens is 339 g/mol. The first-order valence-corrected chi connectivity index (χ1v) is 8.16. The van der Waals surface area contributed by atoms with Crippen LogP contribution in [0, 0.1) is 11.7 Å². The van der Waals surface area contributed by atoms with Crippen molar-refractivity contribution < 1.29 is 4.39 Å². The number of hydrogen-bond donors (Lipinski definition) is 1. The van der Waals surface area contributed by atoms with Gasteiger partial charge in [-0.1, -0.05) is 26.1 Å². The summed E-state index contributed by atoms with van der Waals surface area (Å²) >= 11 is 8.22. The van der Waals surface area contributed by atoms with Crippen molar-refractivity contribution in [1.82, 2.24) is 0 Å². The zero-order valence-electron chi connectivity index (χ0n) is 11.8. The Kier molecular flexibility index (Phi) is 5.02. The summed E-state index contributed by atoms with van der Waals surface area (Å²) < 4.78 is 15.0. The first-order valence-electron chi connectivity index (χ1n) is 6.96. The van der Waals surface area contributed by atoms with Gasteiger partial charge in [-0.05, 0) is 53.2 Å². The lowest BCUT2D eigenvalue weighted by molar-refractivity contribution is 0.557. The maximum absolute atomic E-state index is 14.6. The second-order valence-corrected chi connectivity index (χ2v) is 6.96. The zero-order chi connectivity index (χ0) is 14.9. The van der Waals surface area contributed by atoms with E-state index in [1.807, 2.05) is 0 Å². The van der Waals surface area contributed by atoms with E-state index in [0.717, 1.165) is 25.8 Å². The van der Waals surface area contributed by atoms with Gasteiger partial charge >= 0.3 is 0 Å². The van der Waals surface area contributed by atoms with Crippen LogP contribution in [0.1, 0.15) is 38.7 Å². The Morgan fingerprint density at radius 3 is 2.65 bits per heavy atom. The van der Waals surface area contributed by atoms with Gasteiger partial charge in [-0.25, -0.2) is 4.39 Å². The van der Waals surface area contributed by atoms with Gasteiger partial charge in [0.05, 0.1) is 10.2 Å². The predicted molar refractivity (Wildman–Crippen MR) is 89.8 cm³/mol. The quantitative estimate of drug-likeness (QED) is 0.771. The van der Waals surface area contributed by atoms with Crippen molar-refractivity contribution in [3.8, 4) is 0 Å². The highest BCUT2D eigenvalue weighted by molar-refractivity contribution is 9.10. The molecule has 2 rings (SSSR count). The van der Waals surface area contributed by atoms with Crippen LogP contribution in [0.4, 0.5) is 10.1 Å². The number of halogens is 2. The third-order valence-electron chi connectivity index (χ3n) is 3.57. The predicted octanol–water partition coefficient (Wildman–Crippen LogP) is 4.24. The lowest BCUT2D eigenvalue weighted by Crippen LogP contribution is -2.29. The van der Waals surface area contributed by atoms with Gasteiger partial charge in [-0.3, -0.25) is 0 Å². The SMILES string of the molecule is CC(C)CCN(c1ccc(C(N)=S)c(Br)c1F)C1CC1. The standard InChI is InChI=1S/C15H20BrFN2S/c1-9(2)7-8-19(10-3-4-10)12-6-5-11(15(18)20)13(16)14(12)17/h5-6,9-10H,3-4,7-8H2,1-2H3,(H2,18,20). The van der Waals surface area contributed by atoms with Crippen LogP contribution in [0.25, 0.3) is 0 Å². The van der Waals surface area contributed by atoms with Crippen LogP contribution in [-0.2, 0) is 0 Å². The van der Waals surface area contributed by atoms with Crippen LogP contribution in [0.5, 0.6) is 0 Å². The maximum Gasteiger partial charge on any atom is 0.161 e. The van der Waals surface area contributed by atoms with Crippen LogP contribution in [0.2, 0.25) is 0 Å². The Hall–Kier alpha value is -0.680. The maximum atomic E-state index is 14.6. The molecule has 2 nitrogen and oxygen atoms in total. The molecule has 0 saturated heterocycles. The van der Waals surface area contributed by atoms with Gasteiger partial charge in [-0.2, -0.15) is 0 Å². The molecule has 0 aliphatic heterocycles. The van der Waals surface area contributed by atoms with Crippen LogP contribution >= 0.6 is 28.1 Å². The number of hydrogen-bond acceptors (Lipinski definition) is 2. The third-order valence-corrected chi connectivity index (χ3v) is 4.57. The van der Waals surface area contributed by atoms with Gasteiger partial charge in [0.25, 0.3) is 0 Å². The molecule has 1 aromatic carbocycles. The van der Waals surface area contributed by atoms with E-state index in [0.29, 0.717) is 27.7 Å². The molecule has 1 fully saturated rings. The number of rotatable bonds is 6. The largest absolute Gasteiger partial charge is 0.389 e. The Labute approximate surface area is 133 Å². The second-order valence-electron chi connectivity index (χ2n) is 5.73. The van der Waals surface area contributed by atoms with Crippen molar-refractivity contribution in [3.05, 3.63) is 28.0 Å². The van der Waals surface area contributed by atoms with Gasteiger partial charge in [0.2, 0.25) is 0 Å². The van der Waals surface area contributed by atoms with Gasteiger partial charge in [-0.15, -0.1) is 0 Å². The molecule has 110 valence electrons. The van der Waals surface area contributed by atoms with Crippen molar-refractivity contribution in [2.24, 2.45) is 11.7 Å². The van der Waals surface area contributed by atoms with E-state index in [1.165, 1.54) is 0 Å². The molecule has 1 saturated carbocycles. The average Bonchev–Trinajstić information content (AvgIpc) is 3.18. The first kappa shape index (κ1) is 15.7. The molecule has 0 atom stereocenters. The lowest BCUT2D eigenvalue weighted by Gasteiger charge is -2.27. The fourth-order valence-electron chi connectivity index (χ4n) is 2.23. The first-order chi connectivity index (χ1) is 9.41. The lowest BCUT2D eigenvalue weighted by atomic mass is 10.1. The highest BCUT2D eigenvalue weighted by atomic mass is 79.9. The van der Waals surface area contributed by atoms with Crippen molar-refractivity contribution in [2.75, 3.05) is 11.4 Å². The molecule has 0 amide bonds. The van der Waals surface area contributed by atoms with E-state index in [-0.39, 0.29) is 10.8 Å². The highest BCUT2D eigenvalue weighted by Gasteiger charge is 2.31. The highest BCUT2D eigenvalue weighted by Crippen LogP contribution is 2.36. The molecule has 0 spiro atoms. The van der Waals surface area contributed by atoms with E-state index in [9.17, 15) is 4.39 Å². The smallest absolute Gasteiger partial charge is 0.161 e. The molecule has 2 N–H and O–H groups in total. The summed E-state index contributed by atoms with van der Waals surface area (Å²) in [5, 5.41) is 0. The Bertz CT molecular complexity index is 515. The van der Waals surface area contributed by atoms with Gasteiger partial charge in [0.1, 0.15) is 4.99 Å². The molecule has 1 aliphatic carbocycles. The molecule has 0 aromatic heterocycles. The summed E-state index contributed by atoms with van der Waals surface area (Å²) in [6.07, 6.45) is 3.35. The van der Waals surface area contributed by atoms with Gasteiger partial charge < -0.3 is 10.6 Å². The molecule has 0 bridgehead atoms. The number of thiocarbonyl (C=S) groups is 1. The summed E-state index contributed by atoms with van der Waals surface area (Å²) in [5.74, 6) is 0.351. The third kappa shape index (κ3) is 3.50. The Balaban J connectivity index is 2.29. The Morgan fingerprint density at radius 2 is 2.15 bits per heavy atom. The van der Waals surface area contributed by atoms with E-state index in [1.54, 1.807) is 12.1 Å². The zero-order valence-corrected chi connectivity index (χ0v) is 14.2. The van der Waals surface area contributed by atoms with E-state index in [2.05, 4.69) is 34.7 Å². The van der Waals surface area contributed by atoms with Crippen molar-refractivity contribution in [2.45, 2.75) is 39.2 Å². The summed E-state index contributed by atoms with van der Waals surface area (Å²) in [5.41, 5.74) is 6.81. The van der Waals surface area contributed by atoms with Crippen molar-refractivity contribution in [1.29, 1.82) is 0 Å². The minimum Gasteiger partial charge on any atom is -0.389 e. The topological polar surface area (TPSA) is 29.3 Å². The summed E-state index contributed by atoms with van der Waals surface area (Å²) in [7, 11) is 0. The minimum atomic E-state index is -0.258. The average molecular weight is 359 g/mol. The number of anilines is 1. The minimum absolute atomic E-state index is 0.211. The molecule has 0 unspecified atom stereocenters. The summed E-state index contributed by atoms with van der Waals surface area (Å²) in [6, 6.07) is 4.08. The molecule has 0 heterocycles. The Morgan fingerprint density at radius 1 is 1.50 bits per heavy atom. The fraction of sp³-hybridized carbons (Fsp3) is 0.533. The van der Waals surface area contributed by atoms with Crippen molar-refractivity contribution in [3.63, 3.8) is 0 Å². The molecular formula is C15H20BrFN2S. The fourth-order valence-corrected chi connectivity index (χ4v) is 3.08. The molecule has 20 heavy (non-hydrogen) atoms. The van der Waals surface area contributed by atoms with E-state index >= 15 is 0 Å². The van der Waals surface area contributed by atoms with Gasteiger partial charge in [0, 0.05) is 18.2 Å². The van der Waals surface area contributed by atoms with Crippen molar-refractivity contribution >= 4 is 38.8 Å². The van der Waals surface area contributed by atoms with Crippen LogP contribution in [-0.4, -0.2) is 17.6 Å². The van der Waals surface area contributed by atoms with Gasteiger partial charge in [0.15, 0.2) is 5.82 Å². The summed E-state index contributed by atoms with van der Waals surface area (Å²) in [6.45, 7) is 5.26. The van der Waals surface area contributed by atoms with E-state index in [4.69, 9.17) is 18.0 Å². The molecule has 1 aliphatic rings.